The second kappa shape index (κ2) is 8.48. The minimum absolute atomic E-state index is 0.0486. The van der Waals surface area contributed by atoms with Crippen LogP contribution in [-0.2, 0) is 14.6 Å². The van der Waals surface area contributed by atoms with E-state index < -0.39 is 39.9 Å². The van der Waals surface area contributed by atoms with Crippen LogP contribution in [0.1, 0.15) is 36.8 Å². The number of rotatable bonds is 4. The zero-order valence-electron chi connectivity index (χ0n) is 16.5. The number of hydrogen-bond donors (Lipinski definition) is 0. The minimum Gasteiger partial charge on any atom is -0.334 e. The van der Waals surface area contributed by atoms with Gasteiger partial charge in [0.25, 0.3) is 11.8 Å². The first-order valence-corrected chi connectivity index (χ1v) is 11.7. The number of halogens is 3. The molecule has 3 heterocycles. The molecule has 1 unspecified atom stereocenters. The lowest BCUT2D eigenvalue weighted by Crippen LogP contribution is -2.53. The summed E-state index contributed by atoms with van der Waals surface area (Å²) in [7, 11) is -3.13. The maximum Gasteiger partial charge on any atom is 0.316 e. The topological polar surface area (TPSA) is 96.6 Å². The summed E-state index contributed by atoms with van der Waals surface area (Å²) in [6, 6.07) is 5.32. The third-order valence-corrected chi connectivity index (χ3v) is 7.45. The molecule has 2 saturated heterocycles. The van der Waals surface area contributed by atoms with Crippen LogP contribution in [0.15, 0.2) is 28.8 Å². The molecule has 0 aliphatic carbocycles. The summed E-state index contributed by atoms with van der Waals surface area (Å²) >= 11 is 0. The van der Waals surface area contributed by atoms with Gasteiger partial charge in [-0.1, -0.05) is 18.2 Å². The second-order valence-electron chi connectivity index (χ2n) is 7.67. The Labute approximate surface area is 176 Å². The lowest BCUT2D eigenvalue weighted by molar-refractivity contribution is -0.139. The summed E-state index contributed by atoms with van der Waals surface area (Å²) in [5.74, 6) is -2.14. The number of hydrogen-bond acceptors (Lipinski definition) is 7. The van der Waals surface area contributed by atoms with Gasteiger partial charge in [0.2, 0.25) is 5.91 Å². The number of anilines is 1. The number of carbonyl (C=O) groups excluding carboxylic acids is 1. The van der Waals surface area contributed by atoms with Gasteiger partial charge in [-0.3, -0.25) is 4.79 Å². The molecule has 1 amide bonds. The largest absolute Gasteiger partial charge is 0.334 e. The normalized spacial score (nSPS) is 22.1. The summed E-state index contributed by atoms with van der Waals surface area (Å²) in [6.45, 7) is 0.503. The number of benzene rings is 1. The maximum absolute atomic E-state index is 14.6. The van der Waals surface area contributed by atoms with Gasteiger partial charge < -0.3 is 14.3 Å². The molecule has 2 aromatic rings. The molecule has 1 aromatic carbocycles. The fourth-order valence-corrected chi connectivity index (χ4v) is 5.55. The predicted molar refractivity (Wildman–Crippen MR) is 104 cm³/mol. The Morgan fingerprint density at radius 1 is 1.16 bits per heavy atom. The average Bonchev–Trinajstić information content (AvgIpc) is 3.24. The molecule has 1 atom stereocenters. The van der Waals surface area contributed by atoms with Gasteiger partial charge in [0.05, 0.1) is 17.5 Å². The highest BCUT2D eigenvalue weighted by atomic mass is 32.2. The van der Waals surface area contributed by atoms with E-state index in [4.69, 9.17) is 0 Å². The van der Waals surface area contributed by atoms with Crippen LogP contribution in [-0.4, -0.2) is 60.5 Å². The first-order valence-electron chi connectivity index (χ1n) is 9.87. The van der Waals surface area contributed by atoms with Gasteiger partial charge in [0.1, 0.15) is 15.7 Å². The standard InChI is InChI=1S/C19H21F3N4O4S/c20-14-4-2-1-3-13(14)15-11-25(19-23-17(16(21)22)30-24-19)7-8-26(15)18(27)12-5-9-31(28,29)10-6-12/h1-4,12,15-16H,5-11H2. The number of carbonyl (C=O) groups is 1. The molecule has 8 nitrogen and oxygen atoms in total. The molecule has 31 heavy (non-hydrogen) atoms. The Balaban J connectivity index is 1.59. The summed E-state index contributed by atoms with van der Waals surface area (Å²) in [6.07, 6.45) is -2.45. The Kier molecular flexibility index (Phi) is 5.91. The van der Waals surface area contributed by atoms with Crippen molar-refractivity contribution in [1.29, 1.82) is 0 Å². The highest BCUT2D eigenvalue weighted by Gasteiger charge is 2.39. The molecule has 2 fully saturated rings. The smallest absolute Gasteiger partial charge is 0.316 e. The predicted octanol–water partition coefficient (Wildman–Crippen LogP) is 2.36. The van der Waals surface area contributed by atoms with Crippen LogP contribution in [0.4, 0.5) is 19.1 Å². The van der Waals surface area contributed by atoms with Crippen molar-refractivity contribution < 1.29 is 30.9 Å². The van der Waals surface area contributed by atoms with Crippen molar-refractivity contribution in [2.75, 3.05) is 36.0 Å². The number of nitrogens with zero attached hydrogens (tertiary/aromatic N) is 4. The van der Waals surface area contributed by atoms with E-state index in [1.165, 1.54) is 12.1 Å². The van der Waals surface area contributed by atoms with Gasteiger partial charge in [0.15, 0.2) is 0 Å². The first-order chi connectivity index (χ1) is 14.7. The molecule has 0 spiro atoms. The number of piperazine rings is 1. The van der Waals surface area contributed by atoms with E-state index in [0.717, 1.165) is 0 Å². The molecular formula is C19H21F3N4O4S. The van der Waals surface area contributed by atoms with E-state index in [-0.39, 0.29) is 61.4 Å². The quantitative estimate of drug-likeness (QED) is 0.694. The van der Waals surface area contributed by atoms with Gasteiger partial charge >= 0.3 is 6.43 Å². The SMILES string of the molecule is O=C(C1CCS(=O)(=O)CC1)N1CCN(c2noc(C(F)F)n2)CC1c1ccccc1F. The van der Waals surface area contributed by atoms with E-state index in [1.54, 1.807) is 21.9 Å². The number of amides is 1. The molecule has 12 heteroatoms. The fraction of sp³-hybridized carbons (Fsp3) is 0.526. The van der Waals surface area contributed by atoms with Crippen molar-refractivity contribution in [3.8, 4) is 0 Å². The maximum atomic E-state index is 14.6. The molecule has 0 bridgehead atoms. The Hall–Kier alpha value is -2.63. The number of aromatic nitrogens is 2. The Morgan fingerprint density at radius 2 is 1.87 bits per heavy atom. The number of sulfone groups is 1. The molecule has 168 valence electrons. The number of alkyl halides is 2. The molecule has 2 aliphatic rings. The van der Waals surface area contributed by atoms with Crippen LogP contribution in [0.2, 0.25) is 0 Å². The molecule has 0 saturated carbocycles. The lowest BCUT2D eigenvalue weighted by atomic mass is 9.96. The van der Waals surface area contributed by atoms with Gasteiger partial charge in [-0.05, 0) is 24.1 Å². The second-order valence-corrected chi connectivity index (χ2v) is 9.98. The van der Waals surface area contributed by atoms with Crippen molar-refractivity contribution in [3.63, 3.8) is 0 Å². The molecule has 0 radical (unpaired) electrons. The third kappa shape index (κ3) is 4.53. The fourth-order valence-electron chi connectivity index (χ4n) is 4.06. The third-order valence-electron chi connectivity index (χ3n) is 5.73. The summed E-state index contributed by atoms with van der Waals surface area (Å²) in [5.41, 5.74) is 0.279. The van der Waals surface area contributed by atoms with Crippen molar-refractivity contribution in [2.45, 2.75) is 25.3 Å². The van der Waals surface area contributed by atoms with Crippen LogP contribution >= 0.6 is 0 Å². The van der Waals surface area contributed by atoms with Crippen LogP contribution in [0, 0.1) is 11.7 Å². The van der Waals surface area contributed by atoms with Gasteiger partial charge in [-0.25, -0.2) is 12.8 Å². The monoisotopic (exact) mass is 458 g/mol. The minimum atomic E-state index is -3.13. The van der Waals surface area contributed by atoms with Crippen LogP contribution in [0.3, 0.4) is 0 Å². The van der Waals surface area contributed by atoms with Gasteiger partial charge in [-0.2, -0.15) is 13.8 Å². The lowest BCUT2D eigenvalue weighted by Gasteiger charge is -2.43. The van der Waals surface area contributed by atoms with Gasteiger partial charge in [0, 0.05) is 31.1 Å². The van der Waals surface area contributed by atoms with E-state index in [1.807, 2.05) is 0 Å². The zero-order chi connectivity index (χ0) is 22.2. The summed E-state index contributed by atoms with van der Waals surface area (Å²) < 4.78 is 68.2. The van der Waals surface area contributed by atoms with E-state index >= 15 is 0 Å². The van der Waals surface area contributed by atoms with E-state index in [0.29, 0.717) is 0 Å². The Morgan fingerprint density at radius 3 is 2.52 bits per heavy atom. The van der Waals surface area contributed by atoms with Crippen molar-refractivity contribution in [3.05, 3.63) is 41.5 Å². The summed E-state index contributed by atoms with van der Waals surface area (Å²) in [4.78, 5) is 20.0. The average molecular weight is 458 g/mol. The highest BCUT2D eigenvalue weighted by Crippen LogP contribution is 2.33. The zero-order valence-corrected chi connectivity index (χ0v) is 17.3. The molecule has 0 N–H and O–H groups in total. The summed E-state index contributed by atoms with van der Waals surface area (Å²) in [5, 5.41) is 3.58. The van der Waals surface area contributed by atoms with Crippen molar-refractivity contribution >= 4 is 21.7 Å². The molecule has 1 aromatic heterocycles. The van der Waals surface area contributed by atoms with Gasteiger partial charge in [-0.15, -0.1) is 0 Å². The Bertz CT molecular complexity index is 1050. The molecule has 4 rings (SSSR count). The highest BCUT2D eigenvalue weighted by molar-refractivity contribution is 7.91. The van der Waals surface area contributed by atoms with E-state index in [9.17, 15) is 26.4 Å². The van der Waals surface area contributed by atoms with Crippen LogP contribution in [0.25, 0.3) is 0 Å². The van der Waals surface area contributed by atoms with Crippen molar-refractivity contribution in [1.82, 2.24) is 15.0 Å². The molecule has 2 aliphatic heterocycles. The van der Waals surface area contributed by atoms with Crippen LogP contribution < -0.4 is 4.90 Å². The molecular weight excluding hydrogens is 437 g/mol. The van der Waals surface area contributed by atoms with E-state index in [2.05, 4.69) is 14.7 Å². The van der Waals surface area contributed by atoms with Crippen molar-refractivity contribution in [2.24, 2.45) is 5.92 Å². The first kappa shape index (κ1) is 21.6. The van der Waals surface area contributed by atoms with Crippen LogP contribution in [0.5, 0.6) is 0 Å².